The Morgan fingerprint density at radius 2 is 1.71 bits per heavy atom. The maximum absolute atomic E-state index is 13.2. The van der Waals surface area contributed by atoms with E-state index in [2.05, 4.69) is 0 Å². The van der Waals surface area contributed by atoms with Gasteiger partial charge < -0.3 is 9.64 Å². The maximum atomic E-state index is 13.2. The highest BCUT2D eigenvalue weighted by atomic mass is 35.5. The van der Waals surface area contributed by atoms with E-state index >= 15 is 0 Å². The van der Waals surface area contributed by atoms with Gasteiger partial charge in [-0.3, -0.25) is 4.79 Å². The lowest BCUT2D eigenvalue weighted by molar-refractivity contribution is -0.160. The molecule has 0 radical (unpaired) electrons. The molecule has 0 aliphatic heterocycles. The van der Waals surface area contributed by atoms with Crippen molar-refractivity contribution in [3.8, 4) is 0 Å². The predicted molar refractivity (Wildman–Crippen MR) is 113 cm³/mol. The average Bonchev–Trinajstić information content (AvgIpc) is 2.60. The van der Waals surface area contributed by atoms with Gasteiger partial charge in [0.05, 0.1) is 10.6 Å². The number of nitrogens with zero attached hydrogens (tertiary/aromatic N) is 1. The van der Waals surface area contributed by atoms with Crippen molar-refractivity contribution >= 4 is 35.1 Å². The molecule has 0 bridgehead atoms. The van der Waals surface area contributed by atoms with Crippen LogP contribution < -0.4 is 0 Å². The third kappa shape index (κ3) is 5.98. The van der Waals surface area contributed by atoms with Crippen molar-refractivity contribution in [1.29, 1.82) is 0 Å². The summed E-state index contributed by atoms with van der Waals surface area (Å²) in [6.07, 6.45) is 0.348. The second-order valence-corrected chi connectivity index (χ2v) is 8.30. The fourth-order valence-electron chi connectivity index (χ4n) is 2.85. The molecule has 0 fully saturated rings. The van der Waals surface area contributed by atoms with Crippen molar-refractivity contribution in [2.75, 3.05) is 6.54 Å². The van der Waals surface area contributed by atoms with Crippen molar-refractivity contribution in [3.63, 3.8) is 0 Å². The molecule has 0 spiro atoms. The zero-order valence-electron chi connectivity index (χ0n) is 16.5. The molecule has 1 amide bonds. The third-order valence-electron chi connectivity index (χ3n) is 4.09. The molecular weight excluding hydrogens is 397 g/mol. The van der Waals surface area contributed by atoms with Gasteiger partial charge in [-0.05, 0) is 51.5 Å². The average molecular weight is 422 g/mol. The molecule has 0 N–H and O–H groups in total. The molecule has 2 aromatic rings. The molecule has 150 valence electrons. The van der Waals surface area contributed by atoms with Gasteiger partial charge in [-0.15, -0.1) is 0 Å². The van der Waals surface area contributed by atoms with Gasteiger partial charge in [-0.2, -0.15) is 0 Å². The third-order valence-corrected chi connectivity index (χ3v) is 4.64. The number of carbonyl (C=O) groups is 2. The van der Waals surface area contributed by atoms with Crippen molar-refractivity contribution < 1.29 is 14.3 Å². The van der Waals surface area contributed by atoms with Gasteiger partial charge in [0.1, 0.15) is 11.6 Å². The lowest BCUT2D eigenvalue weighted by Gasteiger charge is -2.32. The van der Waals surface area contributed by atoms with Crippen molar-refractivity contribution in [1.82, 2.24) is 4.90 Å². The van der Waals surface area contributed by atoms with Gasteiger partial charge in [0.25, 0.3) is 5.91 Å². The van der Waals surface area contributed by atoms with E-state index in [4.69, 9.17) is 27.9 Å². The number of likely N-dealkylation sites (N-methyl/N-ethyl adjacent to an activating group) is 1. The van der Waals surface area contributed by atoms with E-state index in [1.54, 1.807) is 32.9 Å². The van der Waals surface area contributed by atoms with E-state index in [9.17, 15) is 9.59 Å². The second kappa shape index (κ2) is 9.44. The number of halogens is 2. The molecule has 0 aromatic heterocycles. The van der Waals surface area contributed by atoms with Crippen molar-refractivity contribution in [3.05, 3.63) is 69.7 Å². The summed E-state index contributed by atoms with van der Waals surface area (Å²) in [6, 6.07) is 13.5. The first-order valence-electron chi connectivity index (χ1n) is 9.15. The second-order valence-electron chi connectivity index (χ2n) is 7.45. The number of rotatable bonds is 6. The summed E-state index contributed by atoms with van der Waals surface area (Å²) in [6.45, 7) is 7.56. The smallest absolute Gasteiger partial charge is 0.329 e. The Balaban J connectivity index is 2.39. The summed E-state index contributed by atoms with van der Waals surface area (Å²) in [5.41, 5.74) is 0.577. The van der Waals surface area contributed by atoms with Crippen LogP contribution in [0.1, 0.15) is 43.6 Å². The lowest BCUT2D eigenvalue weighted by atomic mass is 10.0. The van der Waals surface area contributed by atoms with E-state index in [0.29, 0.717) is 23.6 Å². The fraction of sp³-hybridized carbons (Fsp3) is 0.364. The molecule has 4 nitrogen and oxygen atoms in total. The van der Waals surface area contributed by atoms with E-state index in [0.717, 1.165) is 5.56 Å². The van der Waals surface area contributed by atoms with Crippen LogP contribution >= 0.6 is 23.2 Å². The van der Waals surface area contributed by atoms with E-state index < -0.39 is 17.6 Å². The van der Waals surface area contributed by atoms with Gasteiger partial charge in [0.2, 0.25) is 0 Å². The van der Waals surface area contributed by atoms with Crippen LogP contribution in [-0.2, 0) is 16.0 Å². The van der Waals surface area contributed by atoms with Crippen LogP contribution in [0.4, 0.5) is 0 Å². The lowest BCUT2D eigenvalue weighted by Crippen LogP contribution is -2.48. The Labute approximate surface area is 176 Å². The zero-order chi connectivity index (χ0) is 20.9. The number of benzene rings is 2. The molecule has 2 rings (SSSR count). The minimum atomic E-state index is -0.772. The Morgan fingerprint density at radius 1 is 1.07 bits per heavy atom. The van der Waals surface area contributed by atoms with Gasteiger partial charge in [0, 0.05) is 18.0 Å². The highest BCUT2D eigenvalue weighted by Crippen LogP contribution is 2.24. The molecule has 0 unspecified atom stereocenters. The molecule has 6 heteroatoms. The minimum Gasteiger partial charge on any atom is -0.458 e. The van der Waals surface area contributed by atoms with Gasteiger partial charge >= 0.3 is 5.97 Å². The molecule has 2 aromatic carbocycles. The molecule has 0 saturated carbocycles. The van der Waals surface area contributed by atoms with Gasteiger partial charge in [0.15, 0.2) is 0 Å². The number of esters is 1. The summed E-state index contributed by atoms with van der Waals surface area (Å²) in [7, 11) is 0. The highest BCUT2D eigenvalue weighted by Gasteiger charge is 2.33. The largest absolute Gasteiger partial charge is 0.458 e. The molecule has 0 saturated heterocycles. The first-order valence-corrected chi connectivity index (χ1v) is 9.90. The van der Waals surface area contributed by atoms with Crippen LogP contribution in [0.5, 0.6) is 0 Å². The normalized spacial score (nSPS) is 12.4. The first-order chi connectivity index (χ1) is 13.1. The quantitative estimate of drug-likeness (QED) is 0.585. The fourth-order valence-corrected chi connectivity index (χ4v) is 3.34. The predicted octanol–water partition coefficient (Wildman–Crippen LogP) is 5.41. The SMILES string of the molecule is CCN(C(=O)c1ccc(Cl)cc1Cl)[C@@H](Cc1ccccc1)C(=O)OC(C)(C)C. The van der Waals surface area contributed by atoms with Crippen LogP contribution in [0.15, 0.2) is 48.5 Å². The van der Waals surface area contributed by atoms with Crippen LogP contribution in [0.2, 0.25) is 10.0 Å². The topological polar surface area (TPSA) is 46.6 Å². The van der Waals surface area contributed by atoms with Gasteiger partial charge in [-0.1, -0.05) is 53.5 Å². The summed E-state index contributed by atoms with van der Waals surface area (Å²) >= 11 is 12.2. The highest BCUT2D eigenvalue weighted by molar-refractivity contribution is 6.36. The molecule has 28 heavy (non-hydrogen) atoms. The first kappa shape index (κ1) is 22.3. The Bertz CT molecular complexity index is 831. The standard InChI is InChI=1S/C22H25Cl2NO3/c1-5-25(20(26)17-12-11-16(23)14-18(17)24)19(21(27)28-22(2,3)4)13-15-9-7-6-8-10-15/h6-12,14,19H,5,13H2,1-4H3/t19-/m0/s1. The number of amides is 1. The van der Waals surface area contributed by atoms with Gasteiger partial charge in [-0.25, -0.2) is 4.79 Å². The van der Waals surface area contributed by atoms with Crippen molar-refractivity contribution in [2.24, 2.45) is 0 Å². The maximum Gasteiger partial charge on any atom is 0.329 e. The van der Waals surface area contributed by atoms with Crippen LogP contribution in [0.3, 0.4) is 0 Å². The summed E-state index contributed by atoms with van der Waals surface area (Å²) in [5, 5.41) is 0.691. The number of hydrogen-bond donors (Lipinski definition) is 0. The number of hydrogen-bond acceptors (Lipinski definition) is 3. The molecule has 0 aliphatic rings. The molecule has 0 heterocycles. The number of carbonyl (C=O) groups excluding carboxylic acids is 2. The summed E-state index contributed by atoms with van der Waals surface area (Å²) < 4.78 is 5.60. The van der Waals surface area contributed by atoms with Crippen LogP contribution in [0, 0.1) is 0 Å². The summed E-state index contributed by atoms with van der Waals surface area (Å²) in [4.78, 5) is 27.7. The van der Waals surface area contributed by atoms with E-state index in [-0.39, 0.29) is 10.9 Å². The summed E-state index contributed by atoms with van der Waals surface area (Å²) in [5.74, 6) is -0.785. The Kier molecular flexibility index (Phi) is 7.50. The molecular formula is C22H25Cl2NO3. The molecule has 1 atom stereocenters. The van der Waals surface area contributed by atoms with Crippen molar-refractivity contribution in [2.45, 2.75) is 45.8 Å². The Hall–Kier alpha value is -2.04. The van der Waals surface area contributed by atoms with E-state index in [1.807, 2.05) is 37.3 Å². The number of ether oxygens (including phenoxy) is 1. The molecule has 0 aliphatic carbocycles. The van der Waals surface area contributed by atoms with Crippen LogP contribution in [-0.4, -0.2) is 35.0 Å². The monoisotopic (exact) mass is 421 g/mol. The van der Waals surface area contributed by atoms with E-state index in [1.165, 1.54) is 11.0 Å². The Morgan fingerprint density at radius 3 is 2.25 bits per heavy atom. The van der Waals surface area contributed by atoms with Crippen LogP contribution in [0.25, 0.3) is 0 Å². The zero-order valence-corrected chi connectivity index (χ0v) is 18.1. The minimum absolute atomic E-state index is 0.249.